The van der Waals surface area contributed by atoms with Gasteiger partial charge in [-0.1, -0.05) is 20.8 Å². The van der Waals surface area contributed by atoms with Crippen molar-refractivity contribution < 1.29 is 14.3 Å². The van der Waals surface area contributed by atoms with Crippen LogP contribution < -0.4 is 9.64 Å². The molecule has 1 aromatic carbocycles. The fourth-order valence-electron chi connectivity index (χ4n) is 3.55. The average molecular weight is 396 g/mol. The second-order valence-corrected chi connectivity index (χ2v) is 8.45. The summed E-state index contributed by atoms with van der Waals surface area (Å²) in [5, 5.41) is 0. The largest absolute Gasteiger partial charge is 0.426 e. The zero-order valence-corrected chi connectivity index (χ0v) is 17.6. The molecule has 0 aliphatic carbocycles. The number of hydrogen-bond donors (Lipinski definition) is 0. The lowest BCUT2D eigenvalue weighted by Gasteiger charge is -2.35. The van der Waals surface area contributed by atoms with Crippen LogP contribution in [-0.4, -0.2) is 54.4 Å². The molecule has 0 spiro atoms. The smallest absolute Gasteiger partial charge is 0.308 e. The predicted octanol–water partition coefficient (Wildman–Crippen LogP) is 3.31. The summed E-state index contributed by atoms with van der Waals surface area (Å²) in [5.74, 6) is 0.247. The molecule has 6 heteroatoms. The highest BCUT2D eigenvalue weighted by Gasteiger charge is 2.24. The topological polar surface area (TPSA) is 62.7 Å². The first-order chi connectivity index (χ1) is 13.7. The summed E-state index contributed by atoms with van der Waals surface area (Å²) in [6, 6.07) is 9.38. The summed E-state index contributed by atoms with van der Waals surface area (Å²) in [6.07, 6.45) is 3.61. The molecule has 0 N–H and O–H groups in total. The molecule has 0 radical (unpaired) electrons. The molecule has 2 aromatic rings. The van der Waals surface area contributed by atoms with Gasteiger partial charge in [0, 0.05) is 62.3 Å². The van der Waals surface area contributed by atoms with Gasteiger partial charge in [0.1, 0.15) is 5.75 Å². The standard InChI is InChI=1S/C23H29N3O3/c1-17(27)29-22-6-5-18(15-20(22)23(2,3)4)21(28)16-25-11-13-26(14-12-25)19-7-9-24-10-8-19/h5-10,15H,11-14,16H2,1-4H3. The highest BCUT2D eigenvalue weighted by molar-refractivity contribution is 5.98. The first kappa shape index (κ1) is 21.0. The molecule has 2 heterocycles. The van der Waals surface area contributed by atoms with E-state index in [1.165, 1.54) is 12.6 Å². The summed E-state index contributed by atoms with van der Waals surface area (Å²) >= 11 is 0. The number of pyridine rings is 1. The van der Waals surface area contributed by atoms with Crippen LogP contribution >= 0.6 is 0 Å². The molecule has 1 fully saturated rings. The van der Waals surface area contributed by atoms with Crippen molar-refractivity contribution in [2.75, 3.05) is 37.6 Å². The molecule has 0 bridgehead atoms. The number of benzene rings is 1. The van der Waals surface area contributed by atoms with Gasteiger partial charge in [0.05, 0.1) is 6.54 Å². The number of anilines is 1. The Morgan fingerprint density at radius 3 is 2.28 bits per heavy atom. The summed E-state index contributed by atoms with van der Waals surface area (Å²) in [6.45, 7) is 11.4. The van der Waals surface area contributed by atoms with E-state index in [1.807, 2.05) is 39.0 Å². The number of carbonyl (C=O) groups is 2. The maximum absolute atomic E-state index is 12.9. The summed E-state index contributed by atoms with van der Waals surface area (Å²) in [4.78, 5) is 32.9. The lowest BCUT2D eigenvalue weighted by Crippen LogP contribution is -2.48. The molecule has 6 nitrogen and oxygen atoms in total. The Hall–Kier alpha value is -2.73. The number of hydrogen-bond acceptors (Lipinski definition) is 6. The van der Waals surface area contributed by atoms with Gasteiger partial charge in [0.2, 0.25) is 0 Å². The Morgan fingerprint density at radius 2 is 1.69 bits per heavy atom. The number of nitrogens with zero attached hydrogens (tertiary/aromatic N) is 3. The lowest BCUT2D eigenvalue weighted by atomic mass is 9.85. The molecular formula is C23H29N3O3. The van der Waals surface area contributed by atoms with E-state index < -0.39 is 0 Å². The number of Topliss-reactive ketones (excluding diaryl/α,β-unsaturated/α-hetero) is 1. The van der Waals surface area contributed by atoms with Crippen molar-refractivity contribution in [3.05, 3.63) is 53.9 Å². The van der Waals surface area contributed by atoms with Crippen LogP contribution in [0.1, 0.15) is 43.6 Å². The highest BCUT2D eigenvalue weighted by Crippen LogP contribution is 2.32. The number of aromatic nitrogens is 1. The molecule has 0 saturated carbocycles. The molecule has 154 valence electrons. The summed E-state index contributed by atoms with van der Waals surface area (Å²) < 4.78 is 5.34. The van der Waals surface area contributed by atoms with Crippen LogP contribution in [-0.2, 0) is 10.2 Å². The molecule has 1 aliphatic rings. The fourth-order valence-corrected chi connectivity index (χ4v) is 3.55. The third-order valence-corrected chi connectivity index (χ3v) is 5.13. The minimum Gasteiger partial charge on any atom is -0.426 e. The summed E-state index contributed by atoms with van der Waals surface area (Å²) in [5.41, 5.74) is 2.45. The quantitative estimate of drug-likeness (QED) is 0.440. The van der Waals surface area contributed by atoms with Gasteiger partial charge >= 0.3 is 5.97 Å². The molecule has 1 aromatic heterocycles. The molecule has 0 unspecified atom stereocenters. The van der Waals surface area contributed by atoms with Crippen LogP contribution in [0.25, 0.3) is 0 Å². The minimum atomic E-state index is -0.360. The van der Waals surface area contributed by atoms with Gasteiger partial charge in [-0.05, 0) is 35.7 Å². The first-order valence-electron chi connectivity index (χ1n) is 9.97. The van der Waals surface area contributed by atoms with Gasteiger partial charge < -0.3 is 9.64 Å². The van der Waals surface area contributed by atoms with Crippen molar-refractivity contribution in [2.45, 2.75) is 33.1 Å². The Bertz CT molecular complexity index is 867. The molecule has 29 heavy (non-hydrogen) atoms. The molecular weight excluding hydrogens is 366 g/mol. The molecule has 1 aliphatic heterocycles. The average Bonchev–Trinajstić information content (AvgIpc) is 2.68. The van der Waals surface area contributed by atoms with Crippen LogP contribution in [0.5, 0.6) is 5.75 Å². The number of esters is 1. The van der Waals surface area contributed by atoms with E-state index in [0.717, 1.165) is 31.7 Å². The van der Waals surface area contributed by atoms with Crippen molar-refractivity contribution in [3.8, 4) is 5.75 Å². The number of rotatable bonds is 5. The van der Waals surface area contributed by atoms with Crippen molar-refractivity contribution >= 4 is 17.4 Å². The Balaban J connectivity index is 1.66. The van der Waals surface area contributed by atoms with Gasteiger partial charge in [-0.25, -0.2) is 0 Å². The van der Waals surface area contributed by atoms with Gasteiger partial charge in [0.15, 0.2) is 5.78 Å². The Labute approximate surface area is 172 Å². The zero-order valence-electron chi connectivity index (χ0n) is 17.6. The van der Waals surface area contributed by atoms with Gasteiger partial charge in [0.25, 0.3) is 0 Å². The van der Waals surface area contributed by atoms with Gasteiger partial charge in [-0.3, -0.25) is 19.5 Å². The van der Waals surface area contributed by atoms with E-state index in [0.29, 0.717) is 17.9 Å². The van der Waals surface area contributed by atoms with Gasteiger partial charge in [-0.2, -0.15) is 0 Å². The van der Waals surface area contributed by atoms with Crippen LogP contribution in [0.2, 0.25) is 0 Å². The third-order valence-electron chi connectivity index (χ3n) is 5.13. The van der Waals surface area contributed by atoms with E-state index in [2.05, 4.69) is 14.8 Å². The molecule has 0 amide bonds. The van der Waals surface area contributed by atoms with Crippen LogP contribution in [0.3, 0.4) is 0 Å². The lowest BCUT2D eigenvalue weighted by molar-refractivity contribution is -0.131. The first-order valence-corrected chi connectivity index (χ1v) is 9.97. The van der Waals surface area contributed by atoms with Crippen molar-refractivity contribution in [3.63, 3.8) is 0 Å². The molecule has 1 saturated heterocycles. The van der Waals surface area contributed by atoms with Crippen LogP contribution in [0.15, 0.2) is 42.7 Å². The number of piperazine rings is 1. The van der Waals surface area contributed by atoms with Crippen molar-refractivity contribution in [1.82, 2.24) is 9.88 Å². The Morgan fingerprint density at radius 1 is 1.03 bits per heavy atom. The van der Waals surface area contributed by atoms with E-state index in [4.69, 9.17) is 4.74 Å². The van der Waals surface area contributed by atoms with E-state index in [9.17, 15) is 9.59 Å². The highest BCUT2D eigenvalue weighted by atomic mass is 16.5. The monoisotopic (exact) mass is 395 g/mol. The van der Waals surface area contributed by atoms with Crippen molar-refractivity contribution in [2.24, 2.45) is 0 Å². The van der Waals surface area contributed by atoms with Gasteiger partial charge in [-0.15, -0.1) is 0 Å². The van der Waals surface area contributed by atoms with E-state index in [1.54, 1.807) is 24.5 Å². The normalized spacial score (nSPS) is 15.2. The number of ketones is 1. The third kappa shape index (κ3) is 5.41. The fraction of sp³-hybridized carbons (Fsp3) is 0.435. The van der Waals surface area contributed by atoms with Crippen LogP contribution in [0, 0.1) is 0 Å². The summed E-state index contributed by atoms with van der Waals surface area (Å²) in [7, 11) is 0. The van der Waals surface area contributed by atoms with Crippen LogP contribution in [0.4, 0.5) is 5.69 Å². The Kier molecular flexibility index (Phi) is 6.33. The maximum atomic E-state index is 12.9. The number of carbonyl (C=O) groups excluding carboxylic acids is 2. The van der Waals surface area contributed by atoms with E-state index >= 15 is 0 Å². The number of ether oxygens (including phenoxy) is 1. The van der Waals surface area contributed by atoms with E-state index in [-0.39, 0.29) is 17.2 Å². The van der Waals surface area contributed by atoms with Crippen molar-refractivity contribution in [1.29, 1.82) is 0 Å². The predicted molar refractivity (Wildman–Crippen MR) is 114 cm³/mol. The zero-order chi connectivity index (χ0) is 21.0. The second-order valence-electron chi connectivity index (χ2n) is 8.45. The molecule has 0 atom stereocenters. The molecule has 3 rings (SSSR count). The maximum Gasteiger partial charge on any atom is 0.308 e. The second kappa shape index (κ2) is 8.74. The minimum absolute atomic E-state index is 0.0854. The SMILES string of the molecule is CC(=O)Oc1ccc(C(=O)CN2CCN(c3ccncc3)CC2)cc1C(C)(C)C.